The Morgan fingerprint density at radius 2 is 0.514 bits per heavy atom. The van der Waals surface area contributed by atoms with E-state index in [-0.39, 0.29) is 0 Å². The van der Waals surface area contributed by atoms with Crippen molar-refractivity contribution in [1.29, 1.82) is 0 Å². The van der Waals surface area contributed by atoms with Gasteiger partial charge >= 0.3 is 0 Å². The normalized spacial score (nSPS) is 12.1. The van der Waals surface area contributed by atoms with Gasteiger partial charge < -0.3 is 0 Å². The molecular formula is C69H41N5. The molecule has 0 unspecified atom stereocenters. The zero-order valence-corrected chi connectivity index (χ0v) is 39.9. The Hall–Kier alpha value is -9.97. The van der Waals surface area contributed by atoms with Gasteiger partial charge in [-0.2, -0.15) is 15.0 Å². The van der Waals surface area contributed by atoms with Gasteiger partial charge in [0.25, 0.3) is 0 Å². The van der Waals surface area contributed by atoms with Crippen molar-refractivity contribution in [1.82, 2.24) is 24.1 Å². The Morgan fingerprint density at radius 3 is 0.892 bits per heavy atom. The molecule has 3 heterocycles. The van der Waals surface area contributed by atoms with Gasteiger partial charge in [0.15, 0.2) is 5.82 Å². The number of aromatic nitrogens is 5. The first-order valence-electron chi connectivity index (χ1n) is 25.3. The molecule has 0 N–H and O–H groups in total. The molecule has 14 aromatic rings. The average Bonchev–Trinajstić information content (AvgIpc) is 3.99. The summed E-state index contributed by atoms with van der Waals surface area (Å²) >= 11 is 0. The zero-order chi connectivity index (χ0) is 48.4. The molecule has 0 saturated carbocycles. The van der Waals surface area contributed by atoms with Crippen molar-refractivity contribution in [3.63, 3.8) is 0 Å². The van der Waals surface area contributed by atoms with Crippen LogP contribution in [0.3, 0.4) is 0 Å². The molecule has 5 nitrogen and oxygen atoms in total. The average molecular weight is 940 g/mol. The third-order valence-corrected chi connectivity index (χ3v) is 15.6. The predicted molar refractivity (Wildman–Crippen MR) is 294 cm³/mol. The van der Waals surface area contributed by atoms with E-state index >= 15 is 0 Å². The summed E-state index contributed by atoms with van der Waals surface area (Å²) in [6, 6.07) is 90.1. The largest absolute Gasteiger partial charge is 0.278 e. The van der Waals surface area contributed by atoms with Crippen molar-refractivity contribution in [3.8, 4) is 23.3 Å². The molecule has 0 bridgehead atoms. The summed E-state index contributed by atoms with van der Waals surface area (Å²) < 4.78 is 4.52. The van der Waals surface area contributed by atoms with Crippen molar-refractivity contribution < 1.29 is 0 Å². The van der Waals surface area contributed by atoms with Crippen LogP contribution in [0.1, 0.15) is 0 Å². The Labute approximate surface area is 421 Å². The van der Waals surface area contributed by atoms with Crippen LogP contribution in [0.25, 0.3) is 66.9 Å². The fourth-order valence-electron chi connectivity index (χ4n) is 12.5. The van der Waals surface area contributed by atoms with Crippen LogP contribution < -0.4 is 0 Å². The summed E-state index contributed by atoms with van der Waals surface area (Å²) in [7, 11) is 0. The van der Waals surface area contributed by atoms with Gasteiger partial charge in [-0.15, -0.1) is 0 Å². The monoisotopic (exact) mass is 939 g/mol. The molecule has 3 aromatic heterocycles. The fraction of sp³-hybridized carbons (Fsp3) is 0. The van der Waals surface area contributed by atoms with E-state index in [1.807, 2.05) is 6.07 Å². The smallest absolute Gasteiger partial charge is 0.240 e. The van der Waals surface area contributed by atoms with Crippen LogP contribution in [-0.2, 0) is 0 Å². The Balaban J connectivity index is 1.09. The lowest BCUT2D eigenvalue weighted by atomic mass is 9.99. The van der Waals surface area contributed by atoms with Crippen LogP contribution in [0.2, 0.25) is 0 Å². The highest BCUT2D eigenvalue weighted by Crippen LogP contribution is 2.37. The van der Waals surface area contributed by atoms with Crippen LogP contribution in [0, 0.1) is 83.5 Å². The van der Waals surface area contributed by atoms with Crippen molar-refractivity contribution in [2.75, 3.05) is 0 Å². The van der Waals surface area contributed by atoms with Crippen LogP contribution >= 0.6 is 0 Å². The highest BCUT2D eigenvalue weighted by atomic mass is 15.3. The van der Waals surface area contributed by atoms with E-state index in [0.717, 1.165) is 49.2 Å². The van der Waals surface area contributed by atoms with E-state index in [4.69, 9.17) is 15.0 Å². The number of hydrogen-bond donors (Lipinski definition) is 0. The minimum Gasteiger partial charge on any atom is -0.278 e. The number of hydrogen-bond acceptors (Lipinski definition) is 3. The molecular weight excluding hydrogens is 899 g/mol. The van der Waals surface area contributed by atoms with Gasteiger partial charge in [-0.1, -0.05) is 224 Å². The van der Waals surface area contributed by atoms with E-state index in [2.05, 4.69) is 252 Å². The van der Waals surface area contributed by atoms with Crippen molar-refractivity contribution in [3.05, 3.63) is 332 Å². The molecule has 2 aliphatic carbocycles. The van der Waals surface area contributed by atoms with E-state index in [1.165, 1.54) is 83.5 Å². The van der Waals surface area contributed by atoms with Gasteiger partial charge in [0.2, 0.25) is 11.9 Å². The molecule has 0 spiro atoms. The van der Waals surface area contributed by atoms with Gasteiger partial charge in [-0.3, -0.25) is 9.13 Å². The van der Waals surface area contributed by atoms with Gasteiger partial charge in [0, 0.05) is 37.5 Å². The van der Waals surface area contributed by atoms with Crippen LogP contribution in [0.15, 0.2) is 249 Å². The highest BCUT2D eigenvalue weighted by molar-refractivity contribution is 6.10. The first kappa shape index (κ1) is 40.7. The van der Waals surface area contributed by atoms with Gasteiger partial charge in [0.1, 0.15) is 0 Å². The van der Waals surface area contributed by atoms with E-state index < -0.39 is 0 Å². The van der Waals surface area contributed by atoms with Crippen LogP contribution in [0.4, 0.5) is 0 Å². The molecule has 74 heavy (non-hydrogen) atoms. The van der Waals surface area contributed by atoms with Gasteiger partial charge in [-0.25, -0.2) is 0 Å². The van der Waals surface area contributed by atoms with Crippen molar-refractivity contribution in [2.24, 2.45) is 0 Å². The Kier molecular flexibility index (Phi) is 8.68. The first-order chi connectivity index (χ1) is 36.8. The van der Waals surface area contributed by atoms with Crippen molar-refractivity contribution in [2.45, 2.75) is 0 Å². The second-order valence-electron chi connectivity index (χ2n) is 19.4. The number of benzene rings is 11. The Morgan fingerprint density at radius 1 is 0.216 bits per heavy atom. The molecule has 0 aliphatic heterocycles. The minimum atomic E-state index is 0.540. The molecule has 342 valence electrons. The van der Waals surface area contributed by atoms with Crippen molar-refractivity contribution >= 4 is 43.6 Å². The molecule has 16 rings (SSSR count). The minimum absolute atomic E-state index is 0.540. The van der Waals surface area contributed by atoms with Crippen LogP contribution in [0.5, 0.6) is 0 Å². The van der Waals surface area contributed by atoms with Crippen LogP contribution in [-0.4, -0.2) is 24.1 Å². The zero-order valence-electron chi connectivity index (χ0n) is 39.9. The SMILES string of the molecule is c1ccc(-c2nc(-n3c4ccccc4c4c5c(ccc43)=c3ccccc3=c3ccccc3=c3ccccc3=5)nc(-n3c4ccccc4c4c5c(ccc43)=c3ccccc3=c3ccccc3=c3ccccc3=5)n2)cc1. The predicted octanol–water partition coefficient (Wildman–Crippen LogP) is 14.7. The second kappa shape index (κ2) is 15.8. The Bertz CT molecular complexity index is 5300. The third kappa shape index (κ3) is 5.77. The molecule has 11 aromatic carbocycles. The summed E-state index contributed by atoms with van der Waals surface area (Å²) in [5, 5.41) is 23.8. The topological polar surface area (TPSA) is 48.5 Å². The van der Waals surface area contributed by atoms with E-state index in [9.17, 15) is 0 Å². The third-order valence-electron chi connectivity index (χ3n) is 15.6. The van der Waals surface area contributed by atoms with E-state index in [1.54, 1.807) is 0 Å². The summed E-state index contributed by atoms with van der Waals surface area (Å²) in [5.41, 5.74) is 4.96. The maximum absolute atomic E-state index is 5.66. The van der Waals surface area contributed by atoms with E-state index in [0.29, 0.717) is 17.7 Å². The summed E-state index contributed by atoms with van der Waals surface area (Å²) in [6.07, 6.45) is 0. The summed E-state index contributed by atoms with van der Waals surface area (Å²) in [6.45, 7) is 0. The maximum atomic E-state index is 5.66. The summed E-state index contributed by atoms with van der Waals surface area (Å²) in [5.74, 6) is 1.67. The standard InChI is InChI=1S/C69H41N5/c1-2-20-42(21-3-1)67-70-68(73-59-36-18-16-34-57(59)65-61(73)40-38-55-51-30-10-8-26-47(51)43-22-4-6-24-45(43)49-28-12-14-32-53(49)63(55)65)72-69(71-67)74-60-37-19-17-35-58(60)66-62(74)41-39-56-52-31-11-9-27-48(52)44-23-5-7-25-46(44)50-29-13-15-33-54(50)64(56)66/h1-41H. The molecule has 0 radical (unpaired) electrons. The number of fused-ring (bicyclic) bond motifs is 16. The quantitative estimate of drug-likeness (QED) is 0.177. The van der Waals surface area contributed by atoms with Gasteiger partial charge in [0.05, 0.1) is 22.1 Å². The lowest BCUT2D eigenvalue weighted by Gasteiger charge is -2.13. The first-order valence-corrected chi connectivity index (χ1v) is 25.3. The highest BCUT2D eigenvalue weighted by Gasteiger charge is 2.22. The molecule has 0 atom stereocenters. The molecule has 0 fully saturated rings. The lowest BCUT2D eigenvalue weighted by molar-refractivity contribution is 0.892. The van der Waals surface area contributed by atoms with Gasteiger partial charge in [-0.05, 0) is 97.3 Å². The fourth-order valence-corrected chi connectivity index (χ4v) is 12.5. The molecule has 0 amide bonds. The lowest BCUT2D eigenvalue weighted by Crippen LogP contribution is -2.10. The summed E-state index contributed by atoms with van der Waals surface area (Å²) in [4.78, 5) is 16.6. The molecule has 2 aliphatic rings. The number of rotatable bonds is 3. The molecule has 5 heteroatoms. The molecule has 0 saturated heterocycles. The number of nitrogens with zero attached hydrogens (tertiary/aromatic N) is 5. The maximum Gasteiger partial charge on any atom is 0.240 e. The second-order valence-corrected chi connectivity index (χ2v) is 19.4. The number of para-hydroxylation sites is 2.